The normalized spacial score (nSPS) is 22.7. The van der Waals surface area contributed by atoms with Crippen molar-refractivity contribution in [1.29, 1.82) is 0 Å². The summed E-state index contributed by atoms with van der Waals surface area (Å²) in [6.45, 7) is 14.4. The van der Waals surface area contributed by atoms with Gasteiger partial charge < -0.3 is 9.26 Å². The van der Waals surface area contributed by atoms with Crippen molar-refractivity contribution in [3.05, 3.63) is 55.5 Å². The fourth-order valence-electron chi connectivity index (χ4n) is 4.27. The molecule has 2 aromatic rings. The van der Waals surface area contributed by atoms with Crippen molar-refractivity contribution in [2.75, 3.05) is 6.61 Å². The minimum Gasteiger partial charge on any atom is -0.426 e. The maximum Gasteiger partial charge on any atom is 0.397 e. The number of H-pyrrole nitrogens is 1. The van der Waals surface area contributed by atoms with Gasteiger partial charge in [-0.25, -0.2) is 9.18 Å². The van der Waals surface area contributed by atoms with E-state index in [2.05, 4.69) is 25.8 Å². The van der Waals surface area contributed by atoms with Gasteiger partial charge in [0.25, 0.3) is 0 Å². The predicted octanol–water partition coefficient (Wildman–Crippen LogP) is 6.48. The highest BCUT2D eigenvalue weighted by Crippen LogP contribution is 2.52. The Bertz CT molecular complexity index is 1230. The van der Waals surface area contributed by atoms with E-state index in [1.54, 1.807) is 6.20 Å². The van der Waals surface area contributed by atoms with E-state index in [0.717, 1.165) is 17.5 Å². The number of hydrogen-bond donors (Lipinski definition) is 1. The number of hydrogen-bond acceptors (Lipinski definition) is 6. The molecule has 3 atom stereocenters. The van der Waals surface area contributed by atoms with Crippen LogP contribution in [0.4, 0.5) is 4.39 Å². The van der Waals surface area contributed by atoms with Crippen molar-refractivity contribution >= 4 is 20.8 Å². The molecule has 7 nitrogen and oxygen atoms in total. The number of rotatable bonds is 4. The van der Waals surface area contributed by atoms with Crippen molar-refractivity contribution in [2.45, 2.75) is 91.1 Å². The molecule has 192 valence electrons. The summed E-state index contributed by atoms with van der Waals surface area (Å²) in [5.74, 6) is 0.243. The number of halogens is 1. The maximum absolute atomic E-state index is 15.4. The zero-order valence-corrected chi connectivity index (χ0v) is 23.1. The van der Waals surface area contributed by atoms with E-state index < -0.39 is 8.60 Å². The summed E-state index contributed by atoms with van der Waals surface area (Å²) in [7, 11) is -1.71. The lowest BCUT2D eigenvalue weighted by Gasteiger charge is -2.33. The Labute approximate surface area is 211 Å². The molecule has 0 radical (unpaired) electrons. The van der Waals surface area contributed by atoms with Crippen LogP contribution in [0.1, 0.15) is 82.9 Å². The van der Waals surface area contributed by atoms with Crippen LogP contribution >= 0.6 is 20.8 Å². The van der Waals surface area contributed by atoms with Crippen molar-refractivity contribution in [2.24, 2.45) is 0 Å². The van der Waals surface area contributed by atoms with Crippen LogP contribution in [0.3, 0.4) is 0 Å². The zero-order chi connectivity index (χ0) is 25.7. The summed E-state index contributed by atoms with van der Waals surface area (Å²) in [4.78, 5) is 15.0. The molecule has 1 aromatic carbocycles. The highest BCUT2D eigenvalue weighted by atomic mass is 32.1. The molecule has 3 heterocycles. The predicted molar refractivity (Wildman–Crippen MR) is 136 cm³/mol. The minimum atomic E-state index is -1.71. The highest BCUT2D eigenvalue weighted by molar-refractivity contribution is 7.71. The summed E-state index contributed by atoms with van der Waals surface area (Å²) in [6, 6.07) is 1.92. The number of aromatic amines is 1. The highest BCUT2D eigenvalue weighted by Gasteiger charge is 2.36. The molecule has 35 heavy (non-hydrogen) atoms. The molecule has 1 aromatic heterocycles. The molecule has 0 amide bonds. The number of benzene rings is 1. The monoisotopic (exact) mass is 524 g/mol. The van der Waals surface area contributed by atoms with Crippen LogP contribution in [0.15, 0.2) is 17.1 Å². The van der Waals surface area contributed by atoms with E-state index in [1.807, 2.05) is 33.8 Å². The topological polar surface area (TPSA) is 74.7 Å². The molecule has 2 aliphatic rings. The molecule has 4 rings (SSSR count). The molecule has 10 heteroatoms. The number of aromatic nitrogens is 2. The third kappa shape index (κ3) is 5.54. The number of nitrogens with zero attached hydrogens (tertiary/aromatic N) is 1. The number of fused-ring (bicyclic) bond motifs is 1. The standard InChI is InChI=1S/C25H34FN2O5PS/c1-14-11-28(23(29)27-22(14)35)19-9-8-15(32-19)12-30-34-31-13-16-20(26)17(24(2,3)4)10-18(21(16)33-34)25(5,6)7/h10-11,15,19H,8-9,12-13H2,1-7H3,(H,27,29,35). The van der Waals surface area contributed by atoms with Gasteiger partial charge in [0.05, 0.1) is 24.9 Å². The Morgan fingerprint density at radius 3 is 2.54 bits per heavy atom. The summed E-state index contributed by atoms with van der Waals surface area (Å²) < 4.78 is 41.3. The average molecular weight is 525 g/mol. The van der Waals surface area contributed by atoms with Gasteiger partial charge in [-0.05, 0) is 42.2 Å². The van der Waals surface area contributed by atoms with Crippen LogP contribution in [0, 0.1) is 17.4 Å². The van der Waals surface area contributed by atoms with Gasteiger partial charge in [-0.2, -0.15) is 0 Å². The Hall–Kier alpha value is -1.64. The maximum atomic E-state index is 15.4. The molecule has 0 saturated carbocycles. The second-order valence-corrected chi connectivity index (χ2v) is 12.8. The number of aryl methyl sites for hydroxylation is 1. The van der Waals surface area contributed by atoms with Gasteiger partial charge in [-0.15, -0.1) is 0 Å². The quantitative estimate of drug-likeness (QED) is 0.365. The van der Waals surface area contributed by atoms with E-state index in [1.165, 1.54) is 4.57 Å². The molecule has 1 N–H and O–H groups in total. The van der Waals surface area contributed by atoms with Gasteiger partial charge in [-0.3, -0.25) is 18.6 Å². The molecule has 2 aliphatic heterocycles. The molecule has 1 saturated heterocycles. The summed E-state index contributed by atoms with van der Waals surface area (Å²) in [5, 5.41) is 0. The molecular formula is C25H34FN2O5PS. The van der Waals surface area contributed by atoms with Crippen molar-refractivity contribution in [3.63, 3.8) is 0 Å². The van der Waals surface area contributed by atoms with Crippen molar-refractivity contribution in [3.8, 4) is 5.75 Å². The van der Waals surface area contributed by atoms with E-state index in [0.29, 0.717) is 27.9 Å². The van der Waals surface area contributed by atoms with Crippen LogP contribution in [0.5, 0.6) is 5.75 Å². The smallest absolute Gasteiger partial charge is 0.397 e. The summed E-state index contributed by atoms with van der Waals surface area (Å²) in [6.07, 6.45) is 2.52. The lowest BCUT2D eigenvalue weighted by Crippen LogP contribution is -2.28. The molecule has 0 aliphatic carbocycles. The largest absolute Gasteiger partial charge is 0.426 e. The Morgan fingerprint density at radius 2 is 1.89 bits per heavy atom. The van der Waals surface area contributed by atoms with E-state index in [-0.39, 0.29) is 47.9 Å². The molecule has 0 bridgehead atoms. The van der Waals surface area contributed by atoms with Crippen LogP contribution in [-0.2, 0) is 31.2 Å². The van der Waals surface area contributed by atoms with Gasteiger partial charge in [0.15, 0.2) is 0 Å². The third-order valence-corrected chi connectivity index (χ3v) is 7.77. The van der Waals surface area contributed by atoms with E-state index in [9.17, 15) is 4.79 Å². The van der Waals surface area contributed by atoms with Crippen molar-refractivity contribution < 1.29 is 22.7 Å². The average Bonchev–Trinajstić information content (AvgIpc) is 3.22. The van der Waals surface area contributed by atoms with Gasteiger partial charge in [0.2, 0.25) is 0 Å². The molecule has 0 spiro atoms. The molecule has 1 fully saturated rings. The first-order chi connectivity index (χ1) is 16.3. The lowest BCUT2D eigenvalue weighted by molar-refractivity contribution is -0.0230. The Kier molecular flexibility index (Phi) is 7.30. The van der Waals surface area contributed by atoms with E-state index >= 15 is 4.39 Å². The Balaban J connectivity index is 1.46. The second kappa shape index (κ2) is 9.67. The van der Waals surface area contributed by atoms with Crippen molar-refractivity contribution in [1.82, 2.24) is 9.55 Å². The van der Waals surface area contributed by atoms with E-state index in [4.69, 9.17) is 30.5 Å². The summed E-state index contributed by atoms with van der Waals surface area (Å²) >= 11 is 5.13. The van der Waals surface area contributed by atoms with Crippen LogP contribution < -0.4 is 10.2 Å². The molecule has 3 unspecified atom stereocenters. The van der Waals surface area contributed by atoms with Crippen LogP contribution in [-0.4, -0.2) is 22.3 Å². The summed E-state index contributed by atoms with van der Waals surface area (Å²) in [5.41, 5.74) is 1.95. The number of nitrogens with one attached hydrogen (secondary N) is 1. The minimum absolute atomic E-state index is 0.0892. The first kappa shape index (κ1) is 26.4. The first-order valence-corrected chi connectivity index (χ1v) is 13.3. The first-order valence-electron chi connectivity index (χ1n) is 11.8. The van der Waals surface area contributed by atoms with Gasteiger partial charge in [0.1, 0.15) is 22.4 Å². The van der Waals surface area contributed by atoms with Gasteiger partial charge >= 0.3 is 14.3 Å². The molecular weight excluding hydrogens is 490 g/mol. The van der Waals surface area contributed by atoms with Crippen LogP contribution in [0.25, 0.3) is 0 Å². The van der Waals surface area contributed by atoms with Gasteiger partial charge in [-0.1, -0.05) is 53.8 Å². The second-order valence-electron chi connectivity index (χ2n) is 11.2. The zero-order valence-electron chi connectivity index (χ0n) is 21.4. The van der Waals surface area contributed by atoms with Gasteiger partial charge in [0, 0.05) is 17.3 Å². The Morgan fingerprint density at radius 1 is 1.20 bits per heavy atom. The number of ether oxygens (including phenoxy) is 1. The fourth-order valence-corrected chi connectivity index (χ4v) is 5.47. The fraction of sp³-hybridized carbons (Fsp3) is 0.600. The van der Waals surface area contributed by atoms with Crippen LogP contribution in [0.2, 0.25) is 0 Å². The third-order valence-electron chi connectivity index (χ3n) is 6.31. The SMILES string of the molecule is Cc1cn(C2CCC(COP3OCc4c(F)c(C(C)(C)C)cc(C(C)(C)C)c4O3)O2)c(=O)[nH]c1=S. The lowest BCUT2D eigenvalue weighted by atomic mass is 9.78.